The summed E-state index contributed by atoms with van der Waals surface area (Å²) in [7, 11) is 0. The molecule has 0 aliphatic heterocycles. The molecule has 2 aromatic carbocycles. The first-order valence-electron chi connectivity index (χ1n) is 9.29. The first-order chi connectivity index (χ1) is 13.9. The maximum absolute atomic E-state index is 12.7. The van der Waals surface area contributed by atoms with Crippen molar-refractivity contribution < 1.29 is 9.90 Å². The highest BCUT2D eigenvalue weighted by molar-refractivity contribution is 5.95. The van der Waals surface area contributed by atoms with Crippen LogP contribution in [0.2, 0.25) is 0 Å². The molecule has 6 heteroatoms. The topological polar surface area (TPSA) is 90.9 Å². The monoisotopic (exact) mass is 384 g/mol. The Balaban J connectivity index is 1.67. The van der Waals surface area contributed by atoms with E-state index in [4.69, 9.17) is 0 Å². The number of carbonyl (C=O) groups is 1. The molecule has 6 nitrogen and oxygen atoms in total. The molecule has 0 saturated carbocycles. The molecule has 0 spiro atoms. The van der Waals surface area contributed by atoms with E-state index in [1.807, 2.05) is 54.0 Å². The van der Waals surface area contributed by atoms with Crippen LogP contribution in [0.3, 0.4) is 0 Å². The summed E-state index contributed by atoms with van der Waals surface area (Å²) in [5.74, 6) is 0.00972. The smallest absolute Gasteiger partial charge is 0.229 e. The van der Waals surface area contributed by atoms with Crippen LogP contribution in [0.4, 0.5) is 5.95 Å². The van der Waals surface area contributed by atoms with E-state index < -0.39 is 5.60 Å². The van der Waals surface area contributed by atoms with Gasteiger partial charge in [-0.15, -0.1) is 0 Å². The Kier molecular flexibility index (Phi) is 4.53. The molecule has 4 rings (SSSR count). The second kappa shape index (κ2) is 7.04. The van der Waals surface area contributed by atoms with Gasteiger partial charge in [-0.25, -0.2) is 4.98 Å². The predicted molar refractivity (Wildman–Crippen MR) is 112 cm³/mol. The number of hydrogen-bond donors (Lipinski definition) is 2. The van der Waals surface area contributed by atoms with Crippen LogP contribution in [0.5, 0.6) is 0 Å². The molecule has 0 bridgehead atoms. The third-order valence-electron chi connectivity index (χ3n) is 5.06. The molecule has 2 N–H and O–H groups in total. The van der Waals surface area contributed by atoms with Crippen molar-refractivity contribution in [3.8, 4) is 6.07 Å². The number of nitrogens with one attached hydrogen (secondary N) is 1. The van der Waals surface area contributed by atoms with Crippen LogP contribution < -0.4 is 5.32 Å². The van der Waals surface area contributed by atoms with Gasteiger partial charge in [0.2, 0.25) is 11.9 Å². The van der Waals surface area contributed by atoms with Gasteiger partial charge in [-0.05, 0) is 49.3 Å². The predicted octanol–water partition coefficient (Wildman–Crippen LogP) is 3.86. The van der Waals surface area contributed by atoms with Crippen molar-refractivity contribution in [2.75, 3.05) is 5.32 Å². The summed E-state index contributed by atoms with van der Waals surface area (Å²) in [6.45, 7) is 3.47. The molecule has 1 atom stereocenters. The number of fused-ring (bicyclic) bond motifs is 1. The van der Waals surface area contributed by atoms with Crippen LogP contribution in [0.1, 0.15) is 30.0 Å². The van der Waals surface area contributed by atoms with Crippen LogP contribution in [0.15, 0.2) is 60.7 Å². The number of anilines is 1. The Hall–Kier alpha value is -3.69. The molecule has 0 unspecified atom stereocenters. The van der Waals surface area contributed by atoms with E-state index in [9.17, 15) is 15.2 Å². The van der Waals surface area contributed by atoms with Gasteiger partial charge >= 0.3 is 0 Å². The summed E-state index contributed by atoms with van der Waals surface area (Å²) >= 11 is 0. The average Bonchev–Trinajstić information content (AvgIpc) is 2.96. The van der Waals surface area contributed by atoms with Gasteiger partial charge in [0.05, 0.1) is 34.7 Å². The van der Waals surface area contributed by atoms with Crippen molar-refractivity contribution in [2.24, 2.45) is 0 Å². The number of aryl methyl sites for hydroxylation is 1. The minimum Gasteiger partial charge on any atom is -0.385 e. The quantitative estimate of drug-likeness (QED) is 0.699. The maximum Gasteiger partial charge on any atom is 0.229 e. The molecule has 0 fully saturated rings. The van der Waals surface area contributed by atoms with Gasteiger partial charge in [-0.3, -0.25) is 14.7 Å². The van der Waals surface area contributed by atoms with Crippen LogP contribution in [0.25, 0.3) is 16.7 Å². The molecule has 3 aromatic rings. The zero-order chi connectivity index (χ0) is 20.6. The van der Waals surface area contributed by atoms with Crippen LogP contribution in [-0.4, -0.2) is 20.6 Å². The van der Waals surface area contributed by atoms with Crippen LogP contribution in [0, 0.1) is 18.3 Å². The molecule has 0 radical (unpaired) electrons. The number of benzene rings is 2. The summed E-state index contributed by atoms with van der Waals surface area (Å²) in [6.07, 6.45) is 5.59. The second-order valence-electron chi connectivity index (χ2n) is 7.35. The van der Waals surface area contributed by atoms with E-state index in [1.165, 1.54) is 0 Å². The zero-order valence-corrected chi connectivity index (χ0v) is 16.2. The lowest BCUT2D eigenvalue weighted by Crippen LogP contribution is -2.29. The van der Waals surface area contributed by atoms with Gasteiger partial charge in [0, 0.05) is 5.70 Å². The SMILES string of the molecule is Cc1cc2nc(NC(=O)C[C@@](C)(O)c3ccccc3)n(C3=CC=C3)c2cc1C#N. The normalized spacial score (nSPS) is 14.6. The largest absolute Gasteiger partial charge is 0.385 e. The van der Waals surface area contributed by atoms with E-state index in [0.717, 1.165) is 16.8 Å². The number of imidazole rings is 1. The van der Waals surface area contributed by atoms with Crippen molar-refractivity contribution in [1.82, 2.24) is 9.55 Å². The lowest BCUT2D eigenvalue weighted by molar-refractivity contribution is -0.120. The highest BCUT2D eigenvalue weighted by Crippen LogP contribution is 2.30. The van der Waals surface area contributed by atoms with Crippen molar-refractivity contribution in [1.29, 1.82) is 5.26 Å². The van der Waals surface area contributed by atoms with E-state index >= 15 is 0 Å². The number of amides is 1. The average molecular weight is 384 g/mol. The molecular weight excluding hydrogens is 364 g/mol. The Morgan fingerprint density at radius 1 is 1.31 bits per heavy atom. The zero-order valence-electron chi connectivity index (χ0n) is 16.2. The molecule has 1 aliphatic rings. The van der Waals surface area contributed by atoms with Crippen molar-refractivity contribution in [3.05, 3.63) is 77.4 Å². The number of aromatic nitrogens is 2. The standard InChI is InChI=1S/C23H20N4O2/c1-15-11-19-20(12-16(15)14-24)27(18-9-6-10-18)22(25-19)26-21(28)13-23(2,29)17-7-4-3-5-8-17/h3-12,29H,13H2,1-2H3,(H,25,26,28)/t23-/m1/s1. The fraction of sp³-hybridized carbons (Fsp3) is 0.174. The summed E-state index contributed by atoms with van der Waals surface area (Å²) in [4.78, 5) is 17.3. The fourth-order valence-electron chi connectivity index (χ4n) is 3.41. The Morgan fingerprint density at radius 2 is 2.03 bits per heavy atom. The summed E-state index contributed by atoms with van der Waals surface area (Å²) in [5, 5.41) is 23.0. The Labute approximate surface area is 168 Å². The molecule has 0 saturated heterocycles. The van der Waals surface area contributed by atoms with E-state index in [0.29, 0.717) is 22.6 Å². The highest BCUT2D eigenvalue weighted by atomic mass is 16.3. The molecule has 1 amide bonds. The minimum atomic E-state index is -1.30. The van der Waals surface area contributed by atoms with Gasteiger partial charge in [-0.2, -0.15) is 5.26 Å². The molecule has 1 heterocycles. The van der Waals surface area contributed by atoms with E-state index in [2.05, 4.69) is 16.4 Å². The third kappa shape index (κ3) is 3.44. The van der Waals surface area contributed by atoms with Gasteiger partial charge in [0.25, 0.3) is 0 Å². The number of allylic oxidation sites excluding steroid dienone is 4. The number of hydrogen-bond acceptors (Lipinski definition) is 4. The summed E-state index contributed by atoms with van der Waals surface area (Å²) in [5.41, 5.74) is 3.05. The van der Waals surface area contributed by atoms with E-state index in [-0.39, 0.29) is 12.3 Å². The fourth-order valence-corrected chi connectivity index (χ4v) is 3.41. The van der Waals surface area contributed by atoms with Crippen molar-refractivity contribution in [2.45, 2.75) is 25.9 Å². The van der Waals surface area contributed by atoms with Gasteiger partial charge in [0.1, 0.15) is 0 Å². The van der Waals surface area contributed by atoms with Crippen LogP contribution in [-0.2, 0) is 10.4 Å². The van der Waals surface area contributed by atoms with Crippen LogP contribution >= 0.6 is 0 Å². The highest BCUT2D eigenvalue weighted by Gasteiger charge is 2.27. The first kappa shape index (κ1) is 18.7. The Bertz CT molecular complexity index is 1210. The van der Waals surface area contributed by atoms with E-state index in [1.54, 1.807) is 25.1 Å². The second-order valence-corrected chi connectivity index (χ2v) is 7.35. The minimum absolute atomic E-state index is 0.114. The lowest BCUT2D eigenvalue weighted by atomic mass is 9.92. The molecule has 1 aliphatic carbocycles. The molecular formula is C23H20N4O2. The lowest BCUT2D eigenvalue weighted by Gasteiger charge is -2.23. The van der Waals surface area contributed by atoms with Gasteiger partial charge in [0.15, 0.2) is 0 Å². The third-order valence-corrected chi connectivity index (χ3v) is 5.06. The number of aliphatic hydroxyl groups is 1. The van der Waals surface area contributed by atoms with Gasteiger partial charge in [-0.1, -0.05) is 36.4 Å². The van der Waals surface area contributed by atoms with Crippen molar-refractivity contribution >= 4 is 28.6 Å². The maximum atomic E-state index is 12.7. The molecule has 144 valence electrons. The first-order valence-corrected chi connectivity index (χ1v) is 9.29. The van der Waals surface area contributed by atoms with Crippen molar-refractivity contribution in [3.63, 3.8) is 0 Å². The Morgan fingerprint density at radius 3 is 2.66 bits per heavy atom. The molecule has 1 aromatic heterocycles. The number of nitriles is 1. The number of nitrogens with zero attached hydrogens (tertiary/aromatic N) is 3. The number of rotatable bonds is 5. The number of carbonyl (C=O) groups excluding carboxylic acids is 1. The summed E-state index contributed by atoms with van der Waals surface area (Å²) < 4.78 is 1.81. The summed E-state index contributed by atoms with van der Waals surface area (Å²) in [6, 6.07) is 14.9. The molecule has 29 heavy (non-hydrogen) atoms. The van der Waals surface area contributed by atoms with Gasteiger partial charge < -0.3 is 5.11 Å².